The van der Waals surface area contributed by atoms with E-state index in [0.29, 0.717) is 17.0 Å². The monoisotopic (exact) mass is 264 g/mol. The minimum atomic E-state index is -0.276. The summed E-state index contributed by atoms with van der Waals surface area (Å²) in [5.41, 5.74) is 8.63. The van der Waals surface area contributed by atoms with E-state index in [4.69, 9.17) is 17.3 Å². The molecule has 0 spiro atoms. The number of nitrogens with two attached hydrogens (primary N) is 1. The van der Waals surface area contributed by atoms with Gasteiger partial charge in [-0.2, -0.15) is 0 Å². The van der Waals surface area contributed by atoms with Crippen molar-refractivity contribution in [2.45, 2.75) is 19.4 Å². The molecule has 2 N–H and O–H groups in total. The second-order valence-corrected chi connectivity index (χ2v) is 4.72. The zero-order chi connectivity index (χ0) is 13.1. The molecule has 2 rings (SSSR count). The molecule has 0 saturated heterocycles. The van der Waals surface area contributed by atoms with Gasteiger partial charge < -0.3 is 5.73 Å². The van der Waals surface area contributed by atoms with Gasteiger partial charge in [-0.05, 0) is 54.3 Å². The highest BCUT2D eigenvalue weighted by atomic mass is 35.5. The maximum atomic E-state index is 13.6. The van der Waals surface area contributed by atoms with E-state index < -0.39 is 0 Å². The van der Waals surface area contributed by atoms with Crippen LogP contribution in [0.3, 0.4) is 0 Å². The SMILES string of the molecule is Cc1cnccc1C(N)Cc1cc(Cl)ccc1F. The van der Waals surface area contributed by atoms with Crippen molar-refractivity contribution in [2.75, 3.05) is 0 Å². The average molecular weight is 265 g/mol. The molecule has 4 heteroatoms. The van der Waals surface area contributed by atoms with Crippen LogP contribution in [0.5, 0.6) is 0 Å². The van der Waals surface area contributed by atoms with Crippen LogP contribution in [-0.2, 0) is 6.42 Å². The van der Waals surface area contributed by atoms with Crippen molar-refractivity contribution < 1.29 is 4.39 Å². The average Bonchev–Trinajstić information content (AvgIpc) is 2.34. The highest BCUT2D eigenvalue weighted by Crippen LogP contribution is 2.22. The number of benzene rings is 1. The van der Waals surface area contributed by atoms with Crippen molar-refractivity contribution in [1.29, 1.82) is 0 Å². The normalized spacial score (nSPS) is 12.4. The predicted molar refractivity (Wildman–Crippen MR) is 71.0 cm³/mol. The van der Waals surface area contributed by atoms with Gasteiger partial charge in [-0.25, -0.2) is 4.39 Å². The minimum Gasteiger partial charge on any atom is -0.324 e. The van der Waals surface area contributed by atoms with Crippen molar-refractivity contribution in [2.24, 2.45) is 5.73 Å². The van der Waals surface area contributed by atoms with E-state index in [2.05, 4.69) is 4.98 Å². The lowest BCUT2D eigenvalue weighted by atomic mass is 9.97. The quantitative estimate of drug-likeness (QED) is 0.923. The number of halogens is 2. The fraction of sp³-hybridized carbons (Fsp3) is 0.214. The molecule has 0 radical (unpaired) electrons. The van der Waals surface area contributed by atoms with Crippen molar-refractivity contribution in [1.82, 2.24) is 4.98 Å². The molecule has 0 amide bonds. The molecule has 1 heterocycles. The lowest BCUT2D eigenvalue weighted by Crippen LogP contribution is -2.15. The van der Waals surface area contributed by atoms with Crippen LogP contribution >= 0.6 is 11.6 Å². The van der Waals surface area contributed by atoms with E-state index in [9.17, 15) is 4.39 Å². The number of aryl methyl sites for hydroxylation is 1. The molecule has 0 aliphatic rings. The van der Waals surface area contributed by atoms with Crippen LogP contribution in [0.2, 0.25) is 5.02 Å². The lowest BCUT2D eigenvalue weighted by Gasteiger charge is -2.15. The van der Waals surface area contributed by atoms with Gasteiger partial charge in [0, 0.05) is 23.5 Å². The Kier molecular flexibility index (Phi) is 3.94. The third-order valence-electron chi connectivity index (χ3n) is 2.91. The fourth-order valence-corrected chi connectivity index (χ4v) is 2.14. The molecule has 2 nitrogen and oxygen atoms in total. The van der Waals surface area contributed by atoms with Gasteiger partial charge in [0.15, 0.2) is 0 Å². The van der Waals surface area contributed by atoms with Crippen molar-refractivity contribution in [3.8, 4) is 0 Å². The Hall–Kier alpha value is -1.45. The Morgan fingerprint density at radius 3 is 2.89 bits per heavy atom. The van der Waals surface area contributed by atoms with Crippen molar-refractivity contribution >= 4 is 11.6 Å². The molecule has 0 saturated carbocycles. The maximum absolute atomic E-state index is 13.6. The van der Waals surface area contributed by atoms with Gasteiger partial charge in [0.05, 0.1) is 0 Å². The third-order valence-corrected chi connectivity index (χ3v) is 3.15. The standard InChI is InChI=1S/C14H14ClFN2/c1-9-8-18-5-4-12(9)14(17)7-10-6-11(15)2-3-13(10)16/h2-6,8,14H,7,17H2,1H3. The van der Waals surface area contributed by atoms with E-state index >= 15 is 0 Å². The first-order valence-electron chi connectivity index (χ1n) is 5.68. The first kappa shape index (κ1) is 13.0. The lowest BCUT2D eigenvalue weighted by molar-refractivity contribution is 0.592. The summed E-state index contributed by atoms with van der Waals surface area (Å²) in [6.45, 7) is 1.94. The summed E-state index contributed by atoms with van der Waals surface area (Å²) in [4.78, 5) is 4.02. The Morgan fingerprint density at radius 1 is 1.39 bits per heavy atom. The van der Waals surface area contributed by atoms with Gasteiger partial charge in [-0.1, -0.05) is 11.6 Å². The predicted octanol–water partition coefficient (Wildman–Crippen LogP) is 3.43. The summed E-state index contributed by atoms with van der Waals surface area (Å²) in [5.74, 6) is -0.276. The number of nitrogens with zero attached hydrogens (tertiary/aromatic N) is 1. The highest BCUT2D eigenvalue weighted by molar-refractivity contribution is 6.30. The van der Waals surface area contributed by atoms with Crippen molar-refractivity contribution in [3.63, 3.8) is 0 Å². The fourth-order valence-electron chi connectivity index (χ4n) is 1.95. The molecule has 0 aliphatic heterocycles. The number of rotatable bonds is 3. The smallest absolute Gasteiger partial charge is 0.126 e. The zero-order valence-corrected chi connectivity index (χ0v) is 10.8. The zero-order valence-electron chi connectivity index (χ0n) is 10.0. The third kappa shape index (κ3) is 2.86. The van der Waals surface area contributed by atoms with E-state index in [1.165, 1.54) is 12.1 Å². The summed E-state index contributed by atoms with van der Waals surface area (Å²) in [7, 11) is 0. The molecular weight excluding hydrogens is 251 g/mol. The Morgan fingerprint density at radius 2 is 2.17 bits per heavy atom. The Bertz CT molecular complexity index is 557. The summed E-state index contributed by atoms with van der Waals surface area (Å²) in [5, 5.41) is 0.519. The van der Waals surface area contributed by atoms with Crippen molar-refractivity contribution in [3.05, 3.63) is 64.2 Å². The molecular formula is C14H14ClFN2. The molecule has 0 fully saturated rings. The van der Waals surface area contributed by atoms with Gasteiger partial charge in [0.25, 0.3) is 0 Å². The molecule has 1 atom stereocenters. The van der Waals surface area contributed by atoms with Gasteiger partial charge in [0.1, 0.15) is 5.82 Å². The molecule has 1 aromatic carbocycles. The van der Waals surface area contributed by atoms with Crippen LogP contribution in [-0.4, -0.2) is 4.98 Å². The summed E-state index contributed by atoms with van der Waals surface area (Å²) in [6.07, 6.45) is 3.86. The van der Waals surface area contributed by atoms with Crippen LogP contribution in [0.1, 0.15) is 22.7 Å². The molecule has 94 valence electrons. The largest absolute Gasteiger partial charge is 0.324 e. The first-order chi connectivity index (χ1) is 8.58. The molecule has 1 aromatic heterocycles. The summed E-state index contributed by atoms with van der Waals surface area (Å²) in [6, 6.07) is 6.12. The summed E-state index contributed by atoms with van der Waals surface area (Å²) < 4.78 is 13.6. The molecule has 0 bridgehead atoms. The second-order valence-electron chi connectivity index (χ2n) is 4.28. The topological polar surface area (TPSA) is 38.9 Å². The molecule has 1 unspecified atom stereocenters. The van der Waals surface area contributed by atoms with Gasteiger partial charge in [-0.15, -0.1) is 0 Å². The second kappa shape index (κ2) is 5.46. The maximum Gasteiger partial charge on any atom is 0.126 e. The molecule has 2 aromatic rings. The van der Waals surface area contributed by atoms with Crippen LogP contribution in [0.25, 0.3) is 0 Å². The first-order valence-corrected chi connectivity index (χ1v) is 6.05. The van der Waals surface area contributed by atoms with E-state index in [1.54, 1.807) is 18.5 Å². The number of hydrogen-bond acceptors (Lipinski definition) is 2. The van der Waals surface area contributed by atoms with E-state index in [1.807, 2.05) is 13.0 Å². The van der Waals surface area contributed by atoms with Gasteiger partial charge in [0.2, 0.25) is 0 Å². The highest BCUT2D eigenvalue weighted by Gasteiger charge is 2.12. The number of aromatic nitrogens is 1. The number of pyridine rings is 1. The van der Waals surface area contributed by atoms with Gasteiger partial charge in [-0.3, -0.25) is 4.98 Å². The van der Waals surface area contributed by atoms with Gasteiger partial charge >= 0.3 is 0 Å². The van der Waals surface area contributed by atoms with E-state index in [0.717, 1.165) is 11.1 Å². The Balaban J connectivity index is 2.24. The minimum absolute atomic E-state index is 0.263. The molecule has 0 aliphatic carbocycles. The summed E-state index contributed by atoms with van der Waals surface area (Å²) >= 11 is 5.86. The van der Waals surface area contributed by atoms with E-state index in [-0.39, 0.29) is 11.9 Å². The van der Waals surface area contributed by atoms with Crippen LogP contribution in [0.4, 0.5) is 4.39 Å². The number of hydrogen-bond donors (Lipinski definition) is 1. The van der Waals surface area contributed by atoms with Crippen LogP contribution in [0, 0.1) is 12.7 Å². The Labute approximate surface area is 111 Å². The van der Waals surface area contributed by atoms with Crippen LogP contribution in [0.15, 0.2) is 36.7 Å². The molecule has 18 heavy (non-hydrogen) atoms. The van der Waals surface area contributed by atoms with Crippen LogP contribution < -0.4 is 5.73 Å².